The Balaban J connectivity index is 2.22. The Morgan fingerprint density at radius 2 is 1.81 bits per heavy atom. The van der Waals surface area contributed by atoms with Gasteiger partial charge in [-0.1, -0.05) is 30.3 Å². The van der Waals surface area contributed by atoms with Crippen LogP contribution in [-0.4, -0.2) is 25.0 Å². The summed E-state index contributed by atoms with van der Waals surface area (Å²) >= 11 is 0. The molecular formula is C19H18F3NO3. The van der Waals surface area contributed by atoms with Gasteiger partial charge in [-0.25, -0.2) is 4.79 Å². The average Bonchev–Trinajstić information content (AvgIpc) is 2.61. The number of alkyl halides is 3. The number of hydrogen-bond acceptors (Lipinski definition) is 3. The maximum Gasteiger partial charge on any atom is 0.416 e. The van der Waals surface area contributed by atoms with E-state index in [1.165, 1.54) is 13.2 Å². The van der Waals surface area contributed by atoms with Crippen LogP contribution in [0.25, 0.3) is 0 Å². The second-order valence-electron chi connectivity index (χ2n) is 5.76. The third kappa shape index (κ3) is 4.84. The van der Waals surface area contributed by atoms with E-state index in [9.17, 15) is 22.8 Å². The van der Waals surface area contributed by atoms with Gasteiger partial charge in [-0.3, -0.25) is 4.79 Å². The lowest BCUT2D eigenvalue weighted by atomic mass is 10.0. The molecule has 1 amide bonds. The molecule has 1 atom stereocenters. The maximum atomic E-state index is 12.8. The van der Waals surface area contributed by atoms with Gasteiger partial charge in [0, 0.05) is 12.0 Å². The van der Waals surface area contributed by atoms with Crippen molar-refractivity contribution in [3.8, 4) is 0 Å². The Morgan fingerprint density at radius 3 is 2.42 bits per heavy atom. The Hall–Kier alpha value is -2.83. The van der Waals surface area contributed by atoms with Gasteiger partial charge in [0.2, 0.25) is 0 Å². The number of benzene rings is 2. The average molecular weight is 365 g/mol. The molecule has 26 heavy (non-hydrogen) atoms. The van der Waals surface area contributed by atoms with Crippen LogP contribution in [0.5, 0.6) is 0 Å². The zero-order valence-corrected chi connectivity index (χ0v) is 14.3. The Morgan fingerprint density at radius 1 is 1.12 bits per heavy atom. The number of carbonyl (C=O) groups is 2. The second-order valence-corrected chi connectivity index (χ2v) is 5.76. The fourth-order valence-corrected chi connectivity index (χ4v) is 2.47. The third-order valence-electron chi connectivity index (χ3n) is 3.93. The second kappa shape index (κ2) is 8.03. The lowest BCUT2D eigenvalue weighted by molar-refractivity contribution is -0.143. The monoisotopic (exact) mass is 365 g/mol. The predicted molar refractivity (Wildman–Crippen MR) is 89.6 cm³/mol. The van der Waals surface area contributed by atoms with Gasteiger partial charge < -0.3 is 10.1 Å². The molecular weight excluding hydrogens is 347 g/mol. The molecule has 0 aliphatic heterocycles. The lowest BCUT2D eigenvalue weighted by Crippen LogP contribution is -2.43. The van der Waals surface area contributed by atoms with Crippen molar-refractivity contribution in [2.24, 2.45) is 0 Å². The highest BCUT2D eigenvalue weighted by molar-refractivity contribution is 5.97. The SMILES string of the molecule is COC(=O)[C@@H](Cc1ccccc1C)NC(=O)c1cccc(C(F)(F)F)c1. The molecule has 0 aliphatic carbocycles. The summed E-state index contributed by atoms with van der Waals surface area (Å²) in [5.41, 5.74) is 0.638. The molecule has 0 fully saturated rings. The molecule has 2 aromatic carbocycles. The summed E-state index contributed by atoms with van der Waals surface area (Å²) in [6, 6.07) is 10.3. The minimum atomic E-state index is -4.56. The fourth-order valence-electron chi connectivity index (χ4n) is 2.47. The molecule has 0 heterocycles. The van der Waals surface area contributed by atoms with Gasteiger partial charge in [0.1, 0.15) is 6.04 Å². The molecule has 4 nitrogen and oxygen atoms in total. The first kappa shape index (κ1) is 19.5. The first-order valence-corrected chi connectivity index (χ1v) is 7.83. The maximum absolute atomic E-state index is 12.8. The molecule has 0 unspecified atom stereocenters. The van der Waals surface area contributed by atoms with E-state index in [2.05, 4.69) is 5.32 Å². The summed E-state index contributed by atoms with van der Waals surface area (Å²) in [5.74, 6) is -1.45. The minimum absolute atomic E-state index is 0.171. The van der Waals surface area contributed by atoms with Gasteiger partial charge >= 0.3 is 12.1 Å². The summed E-state index contributed by atoms with van der Waals surface area (Å²) < 4.78 is 43.1. The van der Waals surface area contributed by atoms with Gasteiger partial charge in [0.25, 0.3) is 5.91 Å². The summed E-state index contributed by atoms with van der Waals surface area (Å²) in [7, 11) is 1.18. The first-order valence-electron chi connectivity index (χ1n) is 7.83. The van der Waals surface area contributed by atoms with Crippen LogP contribution in [-0.2, 0) is 22.1 Å². The van der Waals surface area contributed by atoms with Crippen molar-refractivity contribution in [2.45, 2.75) is 25.6 Å². The van der Waals surface area contributed by atoms with Crippen molar-refractivity contribution >= 4 is 11.9 Å². The molecule has 0 saturated heterocycles. The molecule has 0 bridgehead atoms. The summed E-state index contributed by atoms with van der Waals surface area (Å²) in [6.45, 7) is 1.86. The van der Waals surface area contributed by atoms with Crippen LogP contribution in [0, 0.1) is 6.92 Å². The van der Waals surface area contributed by atoms with Gasteiger partial charge in [0.05, 0.1) is 12.7 Å². The molecule has 2 aromatic rings. The quantitative estimate of drug-likeness (QED) is 0.825. The van der Waals surface area contributed by atoms with Crippen molar-refractivity contribution in [1.29, 1.82) is 0 Å². The van der Waals surface area contributed by atoms with E-state index in [1.54, 1.807) is 6.07 Å². The summed E-state index contributed by atoms with van der Waals surface area (Å²) in [4.78, 5) is 24.3. The number of esters is 1. The van der Waals surface area contributed by atoms with E-state index in [1.807, 2.05) is 25.1 Å². The molecule has 0 aromatic heterocycles. The van der Waals surface area contributed by atoms with Crippen molar-refractivity contribution < 1.29 is 27.5 Å². The molecule has 0 spiro atoms. The Bertz CT molecular complexity index is 803. The van der Waals surface area contributed by atoms with Gasteiger partial charge in [-0.05, 0) is 36.2 Å². The number of halogens is 3. The smallest absolute Gasteiger partial charge is 0.416 e. The molecule has 0 aliphatic rings. The summed E-state index contributed by atoms with van der Waals surface area (Å²) in [5, 5.41) is 2.46. The van der Waals surface area contributed by atoms with E-state index in [-0.39, 0.29) is 12.0 Å². The number of hydrogen-bond donors (Lipinski definition) is 1. The standard InChI is InChI=1S/C19H18F3NO3/c1-12-6-3-4-7-13(12)11-16(18(25)26-2)23-17(24)14-8-5-9-15(10-14)19(20,21)22/h3-10,16H,11H2,1-2H3,(H,23,24)/t16-/m1/s1. The summed E-state index contributed by atoms with van der Waals surface area (Å²) in [6.07, 6.45) is -4.39. The van der Waals surface area contributed by atoms with Crippen molar-refractivity contribution in [3.63, 3.8) is 0 Å². The third-order valence-corrected chi connectivity index (χ3v) is 3.93. The topological polar surface area (TPSA) is 55.4 Å². The van der Waals surface area contributed by atoms with Gasteiger partial charge in [-0.15, -0.1) is 0 Å². The zero-order chi connectivity index (χ0) is 19.3. The number of nitrogens with one attached hydrogen (secondary N) is 1. The van der Waals surface area contributed by atoms with E-state index >= 15 is 0 Å². The van der Waals surface area contributed by atoms with Crippen LogP contribution in [0.15, 0.2) is 48.5 Å². The minimum Gasteiger partial charge on any atom is -0.467 e. The molecule has 138 valence electrons. The number of carbonyl (C=O) groups excluding carboxylic acids is 2. The highest BCUT2D eigenvalue weighted by Gasteiger charge is 2.31. The number of ether oxygens (including phenoxy) is 1. The van der Waals surface area contributed by atoms with E-state index in [0.717, 1.165) is 29.3 Å². The fraction of sp³-hybridized carbons (Fsp3) is 0.263. The molecule has 0 radical (unpaired) electrons. The van der Waals surface area contributed by atoms with Crippen LogP contribution in [0.1, 0.15) is 27.0 Å². The molecule has 2 rings (SSSR count). The zero-order valence-electron chi connectivity index (χ0n) is 14.3. The normalized spacial score (nSPS) is 12.3. The Labute approximate surface area is 149 Å². The van der Waals surface area contributed by atoms with Gasteiger partial charge in [0.15, 0.2) is 0 Å². The van der Waals surface area contributed by atoms with E-state index < -0.39 is 29.7 Å². The van der Waals surface area contributed by atoms with E-state index in [0.29, 0.717) is 0 Å². The number of amides is 1. The van der Waals surface area contributed by atoms with Crippen molar-refractivity contribution in [1.82, 2.24) is 5.32 Å². The van der Waals surface area contributed by atoms with Crippen LogP contribution in [0.3, 0.4) is 0 Å². The van der Waals surface area contributed by atoms with Crippen molar-refractivity contribution in [3.05, 3.63) is 70.8 Å². The number of aryl methyl sites for hydroxylation is 1. The molecule has 1 N–H and O–H groups in total. The largest absolute Gasteiger partial charge is 0.467 e. The van der Waals surface area contributed by atoms with E-state index in [4.69, 9.17) is 4.74 Å². The van der Waals surface area contributed by atoms with Crippen LogP contribution in [0.4, 0.5) is 13.2 Å². The highest BCUT2D eigenvalue weighted by atomic mass is 19.4. The number of methoxy groups -OCH3 is 1. The lowest BCUT2D eigenvalue weighted by Gasteiger charge is -2.18. The molecule has 0 saturated carbocycles. The van der Waals surface area contributed by atoms with Crippen LogP contribution < -0.4 is 5.32 Å². The predicted octanol–water partition coefficient (Wildman–Crippen LogP) is 3.53. The Kier molecular flexibility index (Phi) is 6.02. The first-order chi connectivity index (χ1) is 12.2. The number of rotatable bonds is 5. The molecule has 7 heteroatoms. The van der Waals surface area contributed by atoms with Crippen molar-refractivity contribution in [2.75, 3.05) is 7.11 Å². The van der Waals surface area contributed by atoms with Crippen LogP contribution in [0.2, 0.25) is 0 Å². The van der Waals surface area contributed by atoms with Crippen LogP contribution >= 0.6 is 0 Å². The van der Waals surface area contributed by atoms with Gasteiger partial charge in [-0.2, -0.15) is 13.2 Å². The highest BCUT2D eigenvalue weighted by Crippen LogP contribution is 2.29.